The van der Waals surface area contributed by atoms with E-state index >= 15 is 0 Å². The maximum atomic E-state index is 2.01. The van der Waals surface area contributed by atoms with Crippen molar-refractivity contribution in [2.45, 2.75) is 0 Å². The van der Waals surface area contributed by atoms with Crippen LogP contribution >= 0.6 is 17.0 Å². The van der Waals surface area contributed by atoms with E-state index in [0.29, 0.717) is 0 Å². The third kappa shape index (κ3) is 10.7. The summed E-state index contributed by atoms with van der Waals surface area (Å²) in [5, 5.41) is 0. The first-order valence-corrected chi connectivity index (χ1v) is 7.42. The van der Waals surface area contributed by atoms with Gasteiger partial charge in [0.05, 0.1) is 0 Å². The molecule has 0 radical (unpaired) electrons. The molecule has 0 amide bonds. The summed E-state index contributed by atoms with van der Waals surface area (Å²) in [5.74, 6) is 0. The van der Waals surface area contributed by atoms with Gasteiger partial charge in [-0.05, 0) is 0 Å². The van der Waals surface area contributed by atoms with E-state index in [1.807, 2.05) is 37.1 Å². The molecule has 0 atom stereocenters. The minimum absolute atomic E-state index is 0. The van der Waals surface area contributed by atoms with E-state index in [9.17, 15) is 0 Å². The van der Waals surface area contributed by atoms with Crippen molar-refractivity contribution in [2.75, 3.05) is 0 Å². The van der Waals surface area contributed by atoms with E-state index in [-0.39, 0.29) is 6.15 Å². The van der Waals surface area contributed by atoms with Gasteiger partial charge in [-0.1, -0.05) is 0 Å². The standard InChI is InChI=1S/2Mo.H3N.S2/c;;;1-2/h;;1H3;/q2*+1;;-2. The summed E-state index contributed by atoms with van der Waals surface area (Å²) in [4.78, 5) is 0. The van der Waals surface area contributed by atoms with Crippen LogP contribution in [0.1, 0.15) is 0 Å². The van der Waals surface area contributed by atoms with Crippen LogP contribution in [0.25, 0.3) is 0 Å². The minimum atomic E-state index is 0. The van der Waals surface area contributed by atoms with Gasteiger partial charge in [-0.3, -0.25) is 0 Å². The van der Waals surface area contributed by atoms with Crippen molar-refractivity contribution in [3.63, 3.8) is 0 Å². The molecule has 0 saturated carbocycles. The van der Waals surface area contributed by atoms with Gasteiger partial charge in [0.25, 0.3) is 0 Å². The van der Waals surface area contributed by atoms with Crippen molar-refractivity contribution < 1.29 is 37.1 Å². The van der Waals surface area contributed by atoms with Crippen molar-refractivity contribution >= 4 is 17.0 Å². The molecule has 0 bridgehead atoms. The van der Waals surface area contributed by atoms with Gasteiger partial charge in [0.1, 0.15) is 0 Å². The molecule has 0 aromatic carbocycles. The third-order valence-electron chi connectivity index (χ3n) is 0.0278. The first kappa shape index (κ1) is 10.1. The second-order valence-electron chi connectivity index (χ2n) is 0.136. The summed E-state index contributed by atoms with van der Waals surface area (Å²) in [6.07, 6.45) is 0. The van der Waals surface area contributed by atoms with Gasteiger partial charge in [-0.25, -0.2) is 0 Å². The van der Waals surface area contributed by atoms with Crippen LogP contribution in [0.4, 0.5) is 0 Å². The first-order chi connectivity index (χ1) is 1.91. The Morgan fingerprint density at radius 3 is 1.20 bits per heavy atom. The average molecular weight is 273 g/mol. The fourth-order valence-electron chi connectivity index (χ4n) is 0. The quantitative estimate of drug-likeness (QED) is 0.580. The molecule has 0 heterocycles. The topological polar surface area (TPSA) is 35.0 Å². The molecule has 0 rings (SSSR count). The van der Waals surface area contributed by atoms with E-state index in [1.54, 1.807) is 17.0 Å². The maximum absolute atomic E-state index is 2.01. The van der Waals surface area contributed by atoms with E-state index in [1.165, 1.54) is 0 Å². The van der Waals surface area contributed by atoms with Crippen molar-refractivity contribution in [3.8, 4) is 0 Å². The number of hydrogen-bond acceptors (Lipinski definition) is 3. The van der Waals surface area contributed by atoms with Crippen LogP contribution in [0, 0.1) is 0 Å². The second-order valence-corrected chi connectivity index (χ2v) is 7.25. The predicted octanol–water partition coefficient (Wildman–Crippen LogP) is 1.45. The zero-order valence-corrected chi connectivity index (χ0v) is 7.99. The molecule has 0 aliphatic carbocycles. The zero-order valence-electron chi connectivity index (χ0n) is 2.34. The Bertz CT molecular complexity index is 9.61. The molecule has 0 aromatic rings. The molecule has 0 saturated heterocycles. The van der Waals surface area contributed by atoms with Crippen molar-refractivity contribution in [3.05, 3.63) is 0 Å². The first-order valence-electron chi connectivity index (χ1n) is 0.500. The second kappa shape index (κ2) is 9.40. The van der Waals surface area contributed by atoms with Gasteiger partial charge in [-0.2, -0.15) is 0 Å². The van der Waals surface area contributed by atoms with Crippen LogP contribution in [0.2, 0.25) is 0 Å². The molecule has 0 aliphatic rings. The van der Waals surface area contributed by atoms with E-state index in [2.05, 4.69) is 0 Å². The van der Waals surface area contributed by atoms with Crippen LogP contribution in [-0.4, -0.2) is 0 Å². The third-order valence-corrected chi connectivity index (χ3v) is 8.75. The zero-order chi connectivity index (χ0) is 3.41. The monoisotopic (exact) mass is 277 g/mol. The number of hydrogen-bond donors (Lipinski definition) is 1. The van der Waals surface area contributed by atoms with Crippen molar-refractivity contribution in [1.29, 1.82) is 0 Å². The molecule has 32 valence electrons. The van der Waals surface area contributed by atoms with Gasteiger partial charge >= 0.3 is 54.1 Å². The van der Waals surface area contributed by atoms with Gasteiger partial charge in [0, 0.05) is 0 Å². The Morgan fingerprint density at radius 2 is 1.20 bits per heavy atom. The van der Waals surface area contributed by atoms with Crippen LogP contribution < -0.4 is 6.15 Å². The fraction of sp³-hybridized carbons (Fsp3) is 0. The summed E-state index contributed by atoms with van der Waals surface area (Å²) in [6.45, 7) is 0. The molecule has 1 nitrogen and oxygen atoms in total. The molecular formula is H3Mo2NS2. The van der Waals surface area contributed by atoms with Gasteiger partial charge < -0.3 is 6.15 Å². The molecule has 0 spiro atoms. The summed E-state index contributed by atoms with van der Waals surface area (Å²) in [7, 11) is 3.58. The Balaban J connectivity index is 0. The molecule has 0 unspecified atom stereocenters. The molecule has 3 N–H and O–H groups in total. The predicted molar refractivity (Wildman–Crippen MR) is 20.2 cm³/mol. The molecule has 0 aliphatic heterocycles. The average Bonchev–Trinajstić information content (AvgIpc) is 1.37. The van der Waals surface area contributed by atoms with Crippen LogP contribution in [0.15, 0.2) is 0 Å². The van der Waals surface area contributed by atoms with Gasteiger partial charge in [0.2, 0.25) is 0 Å². The summed E-state index contributed by atoms with van der Waals surface area (Å²) >= 11 is 4.01. The molecular weight excluding hydrogens is 270 g/mol. The summed E-state index contributed by atoms with van der Waals surface area (Å²) < 4.78 is 0. The normalized spacial score (nSPS) is 5.60. The van der Waals surface area contributed by atoms with Crippen LogP contribution in [-0.2, 0) is 37.1 Å². The Kier molecular flexibility index (Phi) is 19.0. The van der Waals surface area contributed by atoms with Crippen molar-refractivity contribution in [1.82, 2.24) is 6.15 Å². The Hall–Kier alpha value is 2.04. The van der Waals surface area contributed by atoms with E-state index in [0.717, 1.165) is 0 Å². The number of rotatable bonds is 1. The van der Waals surface area contributed by atoms with Crippen LogP contribution in [0.5, 0.6) is 0 Å². The fourth-order valence-corrected chi connectivity index (χ4v) is 0. The van der Waals surface area contributed by atoms with Crippen molar-refractivity contribution in [2.24, 2.45) is 0 Å². The van der Waals surface area contributed by atoms with Crippen LogP contribution in [0.3, 0.4) is 0 Å². The van der Waals surface area contributed by atoms with Gasteiger partial charge in [0.15, 0.2) is 0 Å². The molecule has 0 aromatic heterocycles. The Labute approximate surface area is 59.6 Å². The van der Waals surface area contributed by atoms with Gasteiger partial charge in [-0.15, -0.1) is 0 Å². The summed E-state index contributed by atoms with van der Waals surface area (Å²) in [6, 6.07) is 0. The Morgan fingerprint density at radius 1 is 1.00 bits per heavy atom. The summed E-state index contributed by atoms with van der Waals surface area (Å²) in [5.41, 5.74) is 0. The van der Waals surface area contributed by atoms with E-state index < -0.39 is 0 Å². The van der Waals surface area contributed by atoms with E-state index in [4.69, 9.17) is 0 Å². The molecule has 5 heavy (non-hydrogen) atoms. The molecule has 5 heteroatoms. The SMILES string of the molecule is N.[Mo][S][S][Mo]. The molecule has 0 fully saturated rings.